The van der Waals surface area contributed by atoms with Crippen molar-refractivity contribution >= 4 is 11.8 Å². The first-order valence-corrected chi connectivity index (χ1v) is 3.45. The van der Waals surface area contributed by atoms with Crippen LogP contribution in [0.15, 0.2) is 12.2 Å². The summed E-state index contributed by atoms with van der Waals surface area (Å²) in [6, 6.07) is 0. The molecule has 0 saturated carbocycles. The van der Waals surface area contributed by atoms with Gasteiger partial charge in [-0.2, -0.15) is 0 Å². The van der Waals surface area contributed by atoms with E-state index < -0.39 is 6.29 Å². The summed E-state index contributed by atoms with van der Waals surface area (Å²) in [5.41, 5.74) is 0. The van der Waals surface area contributed by atoms with Crippen LogP contribution in [0.1, 0.15) is 13.3 Å². The topological polar surface area (TPSA) is 86.6 Å². The van der Waals surface area contributed by atoms with Crippen molar-refractivity contribution in [3.63, 3.8) is 0 Å². The van der Waals surface area contributed by atoms with E-state index in [2.05, 4.69) is 0 Å². The number of nitrogens with one attached hydrogen (secondary N) is 1. The zero-order valence-corrected chi connectivity index (χ0v) is 6.65. The zero-order chi connectivity index (χ0) is 9.56. The Morgan fingerprint density at radius 3 is 1.75 bits per heavy atom. The van der Waals surface area contributed by atoms with Gasteiger partial charge in [0.05, 0.1) is 0 Å². The van der Waals surface area contributed by atoms with Crippen molar-refractivity contribution in [3.8, 4) is 0 Å². The molecule has 1 aliphatic heterocycles. The molecular formula is C7H11NO4. The van der Waals surface area contributed by atoms with Crippen molar-refractivity contribution in [2.24, 2.45) is 0 Å². The summed E-state index contributed by atoms with van der Waals surface area (Å²) < 4.78 is 0. The van der Waals surface area contributed by atoms with Gasteiger partial charge >= 0.3 is 0 Å². The average molecular weight is 173 g/mol. The third-order valence-electron chi connectivity index (χ3n) is 0.998. The van der Waals surface area contributed by atoms with E-state index in [1.54, 1.807) is 6.92 Å². The van der Waals surface area contributed by atoms with Crippen LogP contribution >= 0.6 is 0 Å². The summed E-state index contributed by atoms with van der Waals surface area (Å²) in [4.78, 5) is 20.1. The molecule has 1 rings (SSSR count). The lowest BCUT2D eigenvalue weighted by Crippen LogP contribution is -2.19. The minimum atomic E-state index is -1.12. The molecule has 0 aromatic rings. The summed E-state index contributed by atoms with van der Waals surface area (Å²) in [5.74, 6) is -0.657. The lowest BCUT2D eigenvalue weighted by atomic mass is 10.5. The molecule has 5 nitrogen and oxygen atoms in total. The van der Waals surface area contributed by atoms with E-state index in [1.807, 2.05) is 5.32 Å². The van der Waals surface area contributed by atoms with Crippen molar-refractivity contribution in [2.45, 2.75) is 19.6 Å². The molecule has 0 aromatic carbocycles. The average Bonchev–Trinajstić information content (AvgIpc) is 2.36. The van der Waals surface area contributed by atoms with Gasteiger partial charge in [0, 0.05) is 12.2 Å². The first-order chi connectivity index (χ1) is 5.56. The summed E-state index contributed by atoms with van der Waals surface area (Å²) in [6.07, 6.45) is 1.69. The Kier molecular flexibility index (Phi) is 4.91. The minimum absolute atomic E-state index is 0.329. The van der Waals surface area contributed by atoms with Gasteiger partial charge in [-0.3, -0.25) is 14.9 Å². The van der Waals surface area contributed by atoms with Crippen molar-refractivity contribution in [1.29, 1.82) is 0 Å². The van der Waals surface area contributed by atoms with Gasteiger partial charge in [-0.1, -0.05) is 6.92 Å². The van der Waals surface area contributed by atoms with Crippen molar-refractivity contribution < 1.29 is 19.8 Å². The number of aliphatic hydroxyl groups excluding tert-OH is 1. The van der Waals surface area contributed by atoms with Gasteiger partial charge in [0.1, 0.15) is 0 Å². The number of carbonyl (C=O) groups is 2. The summed E-state index contributed by atoms with van der Waals surface area (Å²) in [5, 5.41) is 17.9. The highest BCUT2D eigenvalue weighted by Gasteiger charge is 2.06. The van der Waals surface area contributed by atoms with E-state index in [1.165, 1.54) is 12.2 Å². The Hall–Kier alpha value is -1.20. The van der Waals surface area contributed by atoms with E-state index in [0.29, 0.717) is 6.42 Å². The molecule has 0 saturated heterocycles. The third kappa shape index (κ3) is 5.57. The fraction of sp³-hybridized carbons (Fsp3) is 0.429. The van der Waals surface area contributed by atoms with Gasteiger partial charge in [0.25, 0.3) is 11.8 Å². The van der Waals surface area contributed by atoms with Crippen LogP contribution < -0.4 is 5.32 Å². The van der Waals surface area contributed by atoms with Crippen LogP contribution in [0, 0.1) is 0 Å². The second-order valence-electron chi connectivity index (χ2n) is 2.08. The number of rotatable bonds is 1. The first-order valence-electron chi connectivity index (χ1n) is 3.45. The van der Waals surface area contributed by atoms with Gasteiger partial charge < -0.3 is 10.2 Å². The molecule has 0 spiro atoms. The highest BCUT2D eigenvalue weighted by Crippen LogP contribution is 1.82. The highest BCUT2D eigenvalue weighted by atomic mass is 16.5. The molecule has 0 unspecified atom stereocenters. The largest absolute Gasteiger partial charge is 0.368 e. The standard InChI is InChI=1S/C4H3NO2.C3H8O2/c6-3-1-2-4(7)5-3;1-2-3(4)5/h1-2H,(H,5,6,7);3-5H,2H2,1H3. The van der Waals surface area contributed by atoms with Crippen LogP contribution in [0.5, 0.6) is 0 Å². The van der Waals surface area contributed by atoms with Crippen LogP contribution in [-0.4, -0.2) is 28.3 Å². The normalized spacial score (nSPS) is 14.3. The maximum atomic E-state index is 10.0. The SMILES string of the molecule is CCC(O)O.O=C1C=CC(=O)N1. The Bertz CT molecular complexity index is 182. The lowest BCUT2D eigenvalue weighted by molar-refractivity contribution is -0.123. The maximum Gasteiger partial charge on any atom is 0.250 e. The smallest absolute Gasteiger partial charge is 0.250 e. The molecule has 0 bridgehead atoms. The Labute approximate surface area is 69.7 Å². The predicted molar refractivity (Wildman–Crippen MR) is 40.8 cm³/mol. The molecule has 0 radical (unpaired) electrons. The molecule has 2 amide bonds. The fourth-order valence-corrected chi connectivity index (χ4v) is 0.356. The molecule has 1 aliphatic rings. The molecule has 12 heavy (non-hydrogen) atoms. The van der Waals surface area contributed by atoms with Gasteiger partial charge in [0.2, 0.25) is 0 Å². The molecule has 0 aliphatic carbocycles. The molecule has 68 valence electrons. The van der Waals surface area contributed by atoms with E-state index >= 15 is 0 Å². The summed E-state index contributed by atoms with van der Waals surface area (Å²) >= 11 is 0. The number of imide groups is 1. The molecule has 1 heterocycles. The van der Waals surface area contributed by atoms with Crippen LogP contribution in [-0.2, 0) is 9.59 Å². The highest BCUT2D eigenvalue weighted by molar-refractivity contribution is 6.12. The second kappa shape index (κ2) is 5.45. The monoisotopic (exact) mass is 173 g/mol. The minimum Gasteiger partial charge on any atom is -0.368 e. The number of carbonyl (C=O) groups excluding carboxylic acids is 2. The second-order valence-corrected chi connectivity index (χ2v) is 2.08. The quantitative estimate of drug-likeness (QED) is 0.347. The van der Waals surface area contributed by atoms with Crippen molar-refractivity contribution in [2.75, 3.05) is 0 Å². The zero-order valence-electron chi connectivity index (χ0n) is 6.65. The fourth-order valence-electron chi connectivity index (χ4n) is 0.356. The van der Waals surface area contributed by atoms with E-state index in [9.17, 15) is 9.59 Å². The molecule has 0 aromatic heterocycles. The lowest BCUT2D eigenvalue weighted by Gasteiger charge is -1.90. The Morgan fingerprint density at radius 2 is 1.67 bits per heavy atom. The number of amides is 2. The van der Waals surface area contributed by atoms with Crippen molar-refractivity contribution in [1.82, 2.24) is 5.32 Å². The van der Waals surface area contributed by atoms with Gasteiger partial charge in [-0.05, 0) is 6.42 Å². The van der Waals surface area contributed by atoms with Crippen molar-refractivity contribution in [3.05, 3.63) is 12.2 Å². The third-order valence-corrected chi connectivity index (χ3v) is 0.998. The molecule has 0 atom stereocenters. The van der Waals surface area contributed by atoms with Crippen LogP contribution in [0.25, 0.3) is 0 Å². The van der Waals surface area contributed by atoms with Crippen LogP contribution in [0.3, 0.4) is 0 Å². The van der Waals surface area contributed by atoms with Crippen LogP contribution in [0.2, 0.25) is 0 Å². The first kappa shape index (κ1) is 10.8. The van der Waals surface area contributed by atoms with E-state index in [-0.39, 0.29) is 11.8 Å². The predicted octanol–water partition coefficient (Wildman–Crippen LogP) is -1.09. The summed E-state index contributed by atoms with van der Waals surface area (Å²) in [6.45, 7) is 1.70. The van der Waals surface area contributed by atoms with Gasteiger partial charge in [0.15, 0.2) is 6.29 Å². The number of hydrogen-bond donors (Lipinski definition) is 3. The van der Waals surface area contributed by atoms with E-state index in [0.717, 1.165) is 0 Å². The number of aliphatic hydroxyl groups is 2. The Balaban J connectivity index is 0.000000217. The summed E-state index contributed by atoms with van der Waals surface area (Å²) in [7, 11) is 0. The van der Waals surface area contributed by atoms with Gasteiger partial charge in [-0.25, -0.2) is 0 Å². The molecular weight excluding hydrogens is 162 g/mol. The maximum absolute atomic E-state index is 10.0. The van der Waals surface area contributed by atoms with Gasteiger partial charge in [-0.15, -0.1) is 0 Å². The Morgan fingerprint density at radius 1 is 1.33 bits per heavy atom. The molecule has 0 fully saturated rings. The van der Waals surface area contributed by atoms with Crippen LogP contribution in [0.4, 0.5) is 0 Å². The molecule has 3 N–H and O–H groups in total. The van der Waals surface area contributed by atoms with E-state index in [4.69, 9.17) is 10.2 Å². The number of hydrogen-bond acceptors (Lipinski definition) is 4. The molecule has 5 heteroatoms.